The van der Waals surface area contributed by atoms with Crippen LogP contribution >= 0.6 is 0 Å². The number of methoxy groups -OCH3 is 1. The SMILES string of the molecule is COc1ccc(C(=O)N2CCN(C(=O)[C@H](NC(=O)c3ccco3)S(=O)(=O)c3ccc(C)cc3)CC2)cc1. The molecule has 3 aromatic rings. The number of rotatable bonds is 7. The third-order valence-corrected chi connectivity index (χ3v) is 7.98. The Balaban J connectivity index is 1.51. The number of hydrogen-bond acceptors (Lipinski definition) is 7. The fourth-order valence-electron chi connectivity index (χ4n) is 3.95. The second kappa shape index (κ2) is 10.9. The number of sulfone groups is 1. The normalized spacial score (nSPS) is 14.6. The molecule has 2 aromatic carbocycles. The number of aryl methyl sites for hydroxylation is 1. The summed E-state index contributed by atoms with van der Waals surface area (Å²) in [6.07, 6.45) is 1.28. The molecular weight excluding hydrogens is 498 g/mol. The molecule has 10 nitrogen and oxygen atoms in total. The predicted octanol–water partition coefficient (Wildman–Crippen LogP) is 2.11. The lowest BCUT2D eigenvalue weighted by atomic mass is 10.1. The van der Waals surface area contributed by atoms with Gasteiger partial charge in [-0.2, -0.15) is 0 Å². The number of nitrogens with zero attached hydrogens (tertiary/aromatic N) is 2. The van der Waals surface area contributed by atoms with Crippen molar-refractivity contribution in [2.75, 3.05) is 33.3 Å². The predicted molar refractivity (Wildman–Crippen MR) is 134 cm³/mol. The van der Waals surface area contributed by atoms with E-state index in [4.69, 9.17) is 9.15 Å². The van der Waals surface area contributed by atoms with Gasteiger partial charge in [-0.3, -0.25) is 14.4 Å². The summed E-state index contributed by atoms with van der Waals surface area (Å²) in [4.78, 5) is 41.9. The third-order valence-electron chi connectivity index (χ3n) is 6.11. The van der Waals surface area contributed by atoms with Gasteiger partial charge in [-0.1, -0.05) is 17.7 Å². The van der Waals surface area contributed by atoms with Gasteiger partial charge in [0.25, 0.3) is 17.7 Å². The molecule has 1 aliphatic rings. The maximum atomic E-state index is 13.5. The molecule has 1 fully saturated rings. The maximum absolute atomic E-state index is 13.5. The molecule has 11 heteroatoms. The Morgan fingerprint density at radius 2 is 1.54 bits per heavy atom. The fourth-order valence-corrected chi connectivity index (χ4v) is 5.41. The van der Waals surface area contributed by atoms with Gasteiger partial charge < -0.3 is 24.3 Å². The smallest absolute Gasteiger partial charge is 0.288 e. The highest BCUT2D eigenvalue weighted by molar-refractivity contribution is 7.92. The molecule has 0 aliphatic carbocycles. The van der Waals surface area contributed by atoms with Crippen LogP contribution in [0.3, 0.4) is 0 Å². The molecule has 0 radical (unpaired) electrons. The van der Waals surface area contributed by atoms with Crippen molar-refractivity contribution in [1.29, 1.82) is 0 Å². The van der Waals surface area contributed by atoms with Crippen molar-refractivity contribution in [3.8, 4) is 5.75 Å². The molecule has 1 aromatic heterocycles. The standard InChI is InChI=1S/C26H27N3O7S/c1-18-5-11-21(12-6-18)37(33,34)24(27-23(30)22-4-3-17-36-22)26(32)29-15-13-28(14-16-29)25(31)19-7-9-20(35-2)10-8-19/h3-12,17,24H,13-16H2,1-2H3,(H,27,30)/t24-/m1/s1. The van der Waals surface area contributed by atoms with E-state index in [2.05, 4.69) is 5.32 Å². The van der Waals surface area contributed by atoms with Crippen molar-refractivity contribution in [2.24, 2.45) is 0 Å². The van der Waals surface area contributed by atoms with Gasteiger partial charge in [0, 0.05) is 31.7 Å². The van der Waals surface area contributed by atoms with E-state index in [1.54, 1.807) is 41.3 Å². The Bertz CT molecular complexity index is 1360. The van der Waals surface area contributed by atoms with Gasteiger partial charge in [-0.05, 0) is 55.5 Å². The van der Waals surface area contributed by atoms with Crippen LogP contribution in [0, 0.1) is 6.92 Å². The van der Waals surface area contributed by atoms with E-state index < -0.39 is 27.0 Å². The van der Waals surface area contributed by atoms with Crippen molar-refractivity contribution in [3.05, 3.63) is 83.8 Å². The molecular formula is C26H27N3O7S. The molecule has 3 amide bonds. The van der Waals surface area contributed by atoms with E-state index in [9.17, 15) is 22.8 Å². The lowest BCUT2D eigenvalue weighted by Crippen LogP contribution is -2.57. The van der Waals surface area contributed by atoms with Crippen LogP contribution in [-0.4, -0.2) is 74.6 Å². The quantitative estimate of drug-likeness (QED) is 0.501. The lowest BCUT2D eigenvalue weighted by molar-refractivity contribution is -0.132. The minimum Gasteiger partial charge on any atom is -0.497 e. The Morgan fingerprint density at radius 1 is 0.919 bits per heavy atom. The van der Waals surface area contributed by atoms with Crippen molar-refractivity contribution >= 4 is 27.6 Å². The van der Waals surface area contributed by atoms with Crippen molar-refractivity contribution in [2.45, 2.75) is 17.2 Å². The number of carbonyl (C=O) groups is 3. The summed E-state index contributed by atoms with van der Waals surface area (Å²) in [5.74, 6) is -1.30. The summed E-state index contributed by atoms with van der Waals surface area (Å²) >= 11 is 0. The van der Waals surface area contributed by atoms with Gasteiger partial charge >= 0.3 is 0 Å². The summed E-state index contributed by atoms with van der Waals surface area (Å²) in [6, 6.07) is 15.6. The van der Waals surface area contributed by atoms with E-state index in [0.717, 1.165) is 5.56 Å². The molecule has 1 atom stereocenters. The molecule has 1 saturated heterocycles. The highest BCUT2D eigenvalue weighted by Crippen LogP contribution is 2.20. The highest BCUT2D eigenvalue weighted by atomic mass is 32.2. The number of furan rings is 1. The van der Waals surface area contributed by atoms with E-state index in [1.807, 2.05) is 6.92 Å². The third kappa shape index (κ3) is 5.67. The van der Waals surface area contributed by atoms with Crippen molar-refractivity contribution in [1.82, 2.24) is 15.1 Å². The van der Waals surface area contributed by atoms with Crippen LogP contribution in [0.4, 0.5) is 0 Å². The van der Waals surface area contributed by atoms with Crippen LogP contribution in [0.5, 0.6) is 5.75 Å². The van der Waals surface area contributed by atoms with Gasteiger partial charge in [0.2, 0.25) is 15.2 Å². The van der Waals surface area contributed by atoms with Crippen LogP contribution in [0.25, 0.3) is 0 Å². The molecule has 194 valence electrons. The summed E-state index contributed by atoms with van der Waals surface area (Å²) in [7, 11) is -2.75. The number of hydrogen-bond donors (Lipinski definition) is 1. The average Bonchev–Trinajstić information content (AvgIpc) is 3.46. The van der Waals surface area contributed by atoms with Crippen molar-refractivity contribution < 1.29 is 32.0 Å². The molecule has 0 spiro atoms. The van der Waals surface area contributed by atoms with E-state index in [1.165, 1.54) is 42.5 Å². The maximum Gasteiger partial charge on any atom is 0.288 e. The monoisotopic (exact) mass is 525 g/mol. The number of carbonyl (C=O) groups excluding carboxylic acids is 3. The minimum absolute atomic E-state index is 0.0930. The van der Waals surface area contributed by atoms with Gasteiger partial charge in [0.15, 0.2) is 5.76 Å². The number of ether oxygens (including phenoxy) is 1. The molecule has 37 heavy (non-hydrogen) atoms. The van der Waals surface area contributed by atoms with Gasteiger partial charge in [0.05, 0.1) is 18.3 Å². The first kappa shape index (κ1) is 26.0. The van der Waals surface area contributed by atoms with E-state index in [-0.39, 0.29) is 42.7 Å². The average molecular weight is 526 g/mol. The summed E-state index contributed by atoms with van der Waals surface area (Å²) in [5.41, 5.74) is 1.32. The number of amides is 3. The topological polar surface area (TPSA) is 126 Å². The Kier molecular flexibility index (Phi) is 7.63. The summed E-state index contributed by atoms with van der Waals surface area (Å²) in [6.45, 7) is 2.44. The first-order valence-corrected chi connectivity index (χ1v) is 13.1. The van der Waals surface area contributed by atoms with Crippen LogP contribution in [0.1, 0.15) is 26.5 Å². The second-order valence-corrected chi connectivity index (χ2v) is 10.6. The second-order valence-electron chi connectivity index (χ2n) is 8.53. The molecule has 1 N–H and O–H groups in total. The molecule has 0 saturated carbocycles. The van der Waals surface area contributed by atoms with Gasteiger partial charge in [-0.25, -0.2) is 8.42 Å². The van der Waals surface area contributed by atoms with Gasteiger partial charge in [-0.15, -0.1) is 0 Å². The van der Waals surface area contributed by atoms with Crippen LogP contribution in [0.15, 0.2) is 76.2 Å². The molecule has 2 heterocycles. The summed E-state index contributed by atoms with van der Waals surface area (Å²) < 4.78 is 37.1. The first-order chi connectivity index (χ1) is 17.7. The highest BCUT2D eigenvalue weighted by Gasteiger charge is 2.40. The lowest BCUT2D eigenvalue weighted by Gasteiger charge is -2.36. The first-order valence-electron chi connectivity index (χ1n) is 11.6. The van der Waals surface area contributed by atoms with Crippen molar-refractivity contribution in [3.63, 3.8) is 0 Å². The van der Waals surface area contributed by atoms with Crippen LogP contribution < -0.4 is 10.1 Å². The zero-order chi connectivity index (χ0) is 26.6. The fraction of sp³-hybridized carbons (Fsp3) is 0.269. The van der Waals surface area contributed by atoms with E-state index >= 15 is 0 Å². The van der Waals surface area contributed by atoms with Crippen LogP contribution in [0.2, 0.25) is 0 Å². The Labute approximate surface area is 214 Å². The molecule has 1 aliphatic heterocycles. The largest absolute Gasteiger partial charge is 0.497 e. The number of nitrogens with one attached hydrogen (secondary N) is 1. The van der Waals surface area contributed by atoms with Crippen LogP contribution in [-0.2, 0) is 14.6 Å². The zero-order valence-corrected chi connectivity index (χ0v) is 21.2. The zero-order valence-electron chi connectivity index (χ0n) is 20.4. The number of benzene rings is 2. The van der Waals surface area contributed by atoms with E-state index in [0.29, 0.717) is 11.3 Å². The summed E-state index contributed by atoms with van der Waals surface area (Å²) in [5, 5.41) is 0.472. The molecule has 0 bridgehead atoms. The van der Waals surface area contributed by atoms with Gasteiger partial charge in [0.1, 0.15) is 5.75 Å². The molecule has 4 rings (SSSR count). The Morgan fingerprint density at radius 3 is 2.11 bits per heavy atom. The number of piperazine rings is 1. The molecule has 0 unspecified atom stereocenters. The minimum atomic E-state index is -4.29. The Hall–Kier alpha value is -4.12.